The van der Waals surface area contributed by atoms with E-state index in [-0.39, 0.29) is 5.56 Å². The molecule has 0 bridgehead atoms. The van der Waals surface area contributed by atoms with E-state index in [0.717, 1.165) is 42.8 Å². The van der Waals surface area contributed by atoms with Gasteiger partial charge in [0.2, 0.25) is 0 Å². The van der Waals surface area contributed by atoms with Crippen molar-refractivity contribution >= 4 is 17.0 Å². The first-order chi connectivity index (χ1) is 10.2. The lowest BCUT2D eigenvalue weighted by Crippen LogP contribution is -2.44. The number of rotatable bonds is 4. The maximum absolute atomic E-state index is 11.1. The number of hydrogen-bond acceptors (Lipinski definition) is 4. The number of aromatic carboxylic acids is 1. The number of hydrogen-bond donors (Lipinski definition) is 1. The van der Waals surface area contributed by atoms with E-state index in [1.165, 1.54) is 0 Å². The Morgan fingerprint density at radius 1 is 1.38 bits per heavy atom. The molecule has 0 spiro atoms. The molecule has 1 aliphatic heterocycles. The maximum atomic E-state index is 11.1. The highest BCUT2D eigenvalue weighted by Gasteiger charge is 2.19. The Hall–Kier alpha value is -2.08. The van der Waals surface area contributed by atoms with Crippen molar-refractivity contribution in [3.8, 4) is 0 Å². The number of imidazole rings is 1. The number of carboxylic acid groups (broad SMARTS) is 1. The molecule has 0 amide bonds. The van der Waals surface area contributed by atoms with Crippen LogP contribution in [-0.2, 0) is 11.2 Å². The molecule has 1 saturated heterocycles. The van der Waals surface area contributed by atoms with Crippen molar-refractivity contribution in [3.05, 3.63) is 29.6 Å². The van der Waals surface area contributed by atoms with Crippen LogP contribution in [0.4, 0.5) is 0 Å². The Kier molecular flexibility index (Phi) is 3.79. The molecule has 1 N–H and O–H groups in total. The molecule has 2 heterocycles. The Bertz CT molecular complexity index is 659. The molecule has 3 rings (SSSR count). The lowest BCUT2D eigenvalue weighted by molar-refractivity contribution is 0.0697. The quantitative estimate of drug-likeness (QED) is 0.927. The largest absolute Gasteiger partial charge is 0.478 e. The highest BCUT2D eigenvalue weighted by atomic mass is 16.5. The van der Waals surface area contributed by atoms with Gasteiger partial charge in [-0.25, -0.2) is 14.5 Å². The van der Waals surface area contributed by atoms with E-state index >= 15 is 0 Å². The average Bonchev–Trinajstić information content (AvgIpc) is 2.85. The fourth-order valence-corrected chi connectivity index (χ4v) is 2.71. The number of ether oxygens (including phenoxy) is 1. The summed E-state index contributed by atoms with van der Waals surface area (Å²) in [6, 6.07) is 5.13. The maximum Gasteiger partial charge on any atom is 0.335 e. The monoisotopic (exact) mass is 289 g/mol. The third kappa shape index (κ3) is 2.58. The second-order valence-electron chi connectivity index (χ2n) is 5.16. The van der Waals surface area contributed by atoms with Crippen molar-refractivity contribution in [1.29, 1.82) is 0 Å². The topological polar surface area (TPSA) is 67.6 Å². The Balaban J connectivity index is 2.10. The summed E-state index contributed by atoms with van der Waals surface area (Å²) in [4.78, 5) is 15.7. The lowest BCUT2D eigenvalue weighted by atomic mass is 10.2. The van der Waals surface area contributed by atoms with Crippen LogP contribution >= 0.6 is 0 Å². The van der Waals surface area contributed by atoms with Crippen LogP contribution in [-0.4, -0.2) is 47.0 Å². The standard InChI is InChI=1S/C15H19N3O3/c1-2-3-14-16-12-10-11(15(19)20)4-5-13(12)18(14)17-6-8-21-9-7-17/h4-5,10H,2-3,6-9H2,1H3,(H,19,20). The van der Waals surface area contributed by atoms with Gasteiger partial charge in [0.25, 0.3) is 0 Å². The minimum absolute atomic E-state index is 0.275. The van der Waals surface area contributed by atoms with Gasteiger partial charge in [-0.3, -0.25) is 0 Å². The van der Waals surface area contributed by atoms with Crippen LogP contribution in [0.5, 0.6) is 0 Å². The van der Waals surface area contributed by atoms with Crippen molar-refractivity contribution < 1.29 is 14.6 Å². The van der Waals surface area contributed by atoms with Crippen LogP contribution in [0.3, 0.4) is 0 Å². The molecule has 6 nitrogen and oxygen atoms in total. The predicted molar refractivity (Wildman–Crippen MR) is 79.5 cm³/mol. The average molecular weight is 289 g/mol. The molecule has 0 radical (unpaired) electrons. The van der Waals surface area contributed by atoms with Crippen molar-refractivity contribution in [1.82, 2.24) is 9.66 Å². The predicted octanol–water partition coefficient (Wildman–Crippen LogP) is 1.66. The Labute approximate surface area is 122 Å². The number of aryl methyl sites for hydroxylation is 1. The molecule has 1 fully saturated rings. The molecular weight excluding hydrogens is 270 g/mol. The number of carbonyl (C=O) groups is 1. The summed E-state index contributed by atoms with van der Waals surface area (Å²) in [5.74, 6) is 0.0619. The molecule has 21 heavy (non-hydrogen) atoms. The highest BCUT2D eigenvalue weighted by molar-refractivity contribution is 5.92. The third-order valence-corrected chi connectivity index (χ3v) is 3.69. The summed E-state index contributed by atoms with van der Waals surface area (Å²) in [6.07, 6.45) is 1.87. The van der Waals surface area contributed by atoms with Gasteiger partial charge in [-0.1, -0.05) is 6.92 Å². The van der Waals surface area contributed by atoms with Gasteiger partial charge in [0.05, 0.1) is 42.9 Å². The van der Waals surface area contributed by atoms with Crippen molar-refractivity contribution in [2.24, 2.45) is 0 Å². The number of fused-ring (bicyclic) bond motifs is 1. The van der Waals surface area contributed by atoms with E-state index in [9.17, 15) is 4.79 Å². The van der Waals surface area contributed by atoms with Gasteiger partial charge >= 0.3 is 5.97 Å². The molecule has 1 aromatic heterocycles. The Morgan fingerprint density at radius 3 is 2.81 bits per heavy atom. The molecular formula is C15H19N3O3. The smallest absolute Gasteiger partial charge is 0.335 e. The highest BCUT2D eigenvalue weighted by Crippen LogP contribution is 2.20. The molecule has 0 aliphatic carbocycles. The van der Waals surface area contributed by atoms with E-state index in [1.807, 2.05) is 6.07 Å². The van der Waals surface area contributed by atoms with Crippen LogP contribution in [0.1, 0.15) is 29.5 Å². The summed E-state index contributed by atoms with van der Waals surface area (Å²) >= 11 is 0. The lowest BCUT2D eigenvalue weighted by Gasteiger charge is -2.31. The fraction of sp³-hybridized carbons (Fsp3) is 0.467. The first-order valence-corrected chi connectivity index (χ1v) is 7.28. The molecule has 6 heteroatoms. The summed E-state index contributed by atoms with van der Waals surface area (Å²) < 4.78 is 7.54. The summed E-state index contributed by atoms with van der Waals surface area (Å²) in [5.41, 5.74) is 1.98. The number of benzene rings is 1. The second-order valence-corrected chi connectivity index (χ2v) is 5.16. The van der Waals surface area contributed by atoms with Crippen molar-refractivity contribution in [2.45, 2.75) is 19.8 Å². The van der Waals surface area contributed by atoms with E-state index < -0.39 is 5.97 Å². The van der Waals surface area contributed by atoms with Gasteiger partial charge < -0.3 is 14.9 Å². The molecule has 1 aromatic carbocycles. The first-order valence-electron chi connectivity index (χ1n) is 7.28. The zero-order valence-corrected chi connectivity index (χ0v) is 12.1. The Morgan fingerprint density at radius 2 is 2.14 bits per heavy atom. The van der Waals surface area contributed by atoms with Crippen LogP contribution in [0.25, 0.3) is 11.0 Å². The van der Waals surface area contributed by atoms with E-state index in [4.69, 9.17) is 9.84 Å². The van der Waals surface area contributed by atoms with Crippen molar-refractivity contribution in [3.63, 3.8) is 0 Å². The van der Waals surface area contributed by atoms with E-state index in [2.05, 4.69) is 21.6 Å². The summed E-state index contributed by atoms with van der Waals surface area (Å²) in [6.45, 7) is 5.17. The van der Waals surface area contributed by atoms with E-state index in [1.54, 1.807) is 12.1 Å². The number of morpholine rings is 1. The van der Waals surface area contributed by atoms with Crippen molar-refractivity contribution in [2.75, 3.05) is 31.3 Å². The zero-order valence-electron chi connectivity index (χ0n) is 12.1. The van der Waals surface area contributed by atoms with Gasteiger partial charge in [0, 0.05) is 6.42 Å². The van der Waals surface area contributed by atoms with Gasteiger partial charge in [0.1, 0.15) is 5.82 Å². The minimum atomic E-state index is -0.921. The molecule has 2 aromatic rings. The number of carboxylic acids is 1. The fourth-order valence-electron chi connectivity index (χ4n) is 2.71. The van der Waals surface area contributed by atoms with Crippen LogP contribution in [0, 0.1) is 0 Å². The summed E-state index contributed by atoms with van der Waals surface area (Å²) in [5, 5.41) is 11.3. The number of aromatic nitrogens is 2. The normalized spacial score (nSPS) is 15.6. The minimum Gasteiger partial charge on any atom is -0.478 e. The molecule has 0 saturated carbocycles. The van der Waals surface area contributed by atoms with Crippen LogP contribution < -0.4 is 5.01 Å². The zero-order chi connectivity index (χ0) is 14.8. The van der Waals surface area contributed by atoms with Gasteiger partial charge in [0.15, 0.2) is 0 Å². The number of nitrogens with zero attached hydrogens (tertiary/aromatic N) is 3. The van der Waals surface area contributed by atoms with E-state index in [0.29, 0.717) is 13.2 Å². The first kappa shape index (κ1) is 13.9. The molecule has 0 atom stereocenters. The second kappa shape index (κ2) is 5.73. The molecule has 0 unspecified atom stereocenters. The van der Waals surface area contributed by atoms with Gasteiger partial charge in [-0.2, -0.15) is 0 Å². The molecule has 1 aliphatic rings. The van der Waals surface area contributed by atoms with Gasteiger partial charge in [-0.15, -0.1) is 0 Å². The van der Waals surface area contributed by atoms with Gasteiger partial charge in [-0.05, 0) is 24.6 Å². The summed E-state index contributed by atoms with van der Waals surface area (Å²) in [7, 11) is 0. The van der Waals surface area contributed by atoms with Crippen LogP contribution in [0.2, 0.25) is 0 Å². The third-order valence-electron chi connectivity index (χ3n) is 3.69. The van der Waals surface area contributed by atoms with Crippen LogP contribution in [0.15, 0.2) is 18.2 Å². The molecule has 112 valence electrons. The SMILES string of the molecule is CCCc1nc2cc(C(=O)O)ccc2n1N1CCOCC1.